The molecule has 0 aliphatic heterocycles. The molecule has 0 saturated heterocycles. The van der Waals surface area contributed by atoms with Crippen molar-refractivity contribution < 1.29 is 9.05 Å². The predicted octanol–water partition coefficient (Wildman–Crippen LogP) is 4.90. The molecule has 0 heterocycles. The fraction of sp³-hybridized carbons (Fsp3) is 0.588. The standard InChI is InChI=1S/C17H27N2O2P/c1-6-16-10-7-8-11-17(16)21-22(20-13-9-12-18)19(14(2)3)15(4)5/h7-8,10-11,14-15H,6,9,13H2,1-5H3. The van der Waals surface area contributed by atoms with Gasteiger partial charge in [-0.1, -0.05) is 25.1 Å². The van der Waals surface area contributed by atoms with Crippen LogP contribution in [0.4, 0.5) is 0 Å². The molecule has 1 rings (SSSR count). The number of para-hydroxylation sites is 1. The van der Waals surface area contributed by atoms with Crippen LogP contribution in [0, 0.1) is 11.3 Å². The molecule has 122 valence electrons. The lowest BCUT2D eigenvalue weighted by Crippen LogP contribution is -2.34. The lowest BCUT2D eigenvalue weighted by molar-refractivity contribution is 0.219. The average Bonchev–Trinajstić information content (AvgIpc) is 2.47. The Morgan fingerprint density at radius 3 is 2.36 bits per heavy atom. The number of nitriles is 1. The van der Waals surface area contributed by atoms with Gasteiger partial charge in [-0.15, -0.1) is 0 Å². The molecule has 0 radical (unpaired) electrons. The molecule has 1 atom stereocenters. The molecule has 0 aromatic heterocycles. The molecule has 0 amide bonds. The van der Waals surface area contributed by atoms with Gasteiger partial charge in [0.25, 0.3) is 0 Å². The summed E-state index contributed by atoms with van der Waals surface area (Å²) in [7, 11) is -1.23. The lowest BCUT2D eigenvalue weighted by Gasteiger charge is -2.35. The van der Waals surface area contributed by atoms with Crippen molar-refractivity contribution >= 4 is 8.53 Å². The summed E-state index contributed by atoms with van der Waals surface area (Å²) in [5.41, 5.74) is 1.17. The van der Waals surface area contributed by atoms with Gasteiger partial charge in [0.1, 0.15) is 5.75 Å². The van der Waals surface area contributed by atoms with E-state index in [-0.39, 0.29) is 0 Å². The highest BCUT2D eigenvalue weighted by molar-refractivity contribution is 7.45. The topological polar surface area (TPSA) is 45.5 Å². The first kappa shape index (κ1) is 18.9. The van der Waals surface area contributed by atoms with Crippen LogP contribution in [0.3, 0.4) is 0 Å². The minimum absolute atomic E-state index is 0.307. The van der Waals surface area contributed by atoms with E-state index >= 15 is 0 Å². The van der Waals surface area contributed by atoms with E-state index < -0.39 is 8.53 Å². The maximum atomic E-state index is 8.73. The van der Waals surface area contributed by atoms with Gasteiger partial charge < -0.3 is 9.05 Å². The molecule has 0 saturated carbocycles. The van der Waals surface area contributed by atoms with Crippen LogP contribution in [0.5, 0.6) is 5.75 Å². The van der Waals surface area contributed by atoms with Crippen molar-refractivity contribution in [3.05, 3.63) is 29.8 Å². The van der Waals surface area contributed by atoms with Crippen molar-refractivity contribution in [1.82, 2.24) is 4.67 Å². The summed E-state index contributed by atoms with van der Waals surface area (Å²) in [4.78, 5) is 0. The van der Waals surface area contributed by atoms with Crippen LogP contribution in [0.25, 0.3) is 0 Å². The maximum Gasteiger partial charge on any atom is 0.321 e. The van der Waals surface area contributed by atoms with Crippen molar-refractivity contribution in [2.24, 2.45) is 0 Å². The fourth-order valence-corrected chi connectivity index (χ4v) is 3.88. The normalized spacial score (nSPS) is 12.7. The number of hydrogen-bond donors (Lipinski definition) is 0. The van der Waals surface area contributed by atoms with Gasteiger partial charge in [0.15, 0.2) is 0 Å². The Bertz CT molecular complexity index is 478. The zero-order valence-electron chi connectivity index (χ0n) is 14.2. The van der Waals surface area contributed by atoms with E-state index in [1.807, 2.05) is 18.2 Å². The largest absolute Gasteiger partial charge is 0.435 e. The minimum atomic E-state index is -1.23. The SMILES string of the molecule is CCc1ccccc1OP(OCCC#N)N(C(C)C)C(C)C. The smallest absolute Gasteiger partial charge is 0.321 e. The molecule has 0 fully saturated rings. The third-order valence-electron chi connectivity index (χ3n) is 3.19. The summed E-state index contributed by atoms with van der Waals surface area (Å²) in [6, 6.07) is 10.8. The molecule has 0 spiro atoms. The Kier molecular flexibility index (Phi) is 8.42. The van der Waals surface area contributed by atoms with E-state index in [0.717, 1.165) is 12.2 Å². The molecule has 1 aromatic carbocycles. The third kappa shape index (κ3) is 5.57. The highest BCUT2D eigenvalue weighted by Gasteiger charge is 2.29. The van der Waals surface area contributed by atoms with Crippen LogP contribution < -0.4 is 4.52 Å². The molecule has 1 aromatic rings. The Hall–Kier alpha value is -1.14. The second-order valence-electron chi connectivity index (χ2n) is 5.60. The summed E-state index contributed by atoms with van der Waals surface area (Å²) in [6.07, 6.45) is 1.29. The van der Waals surface area contributed by atoms with E-state index in [0.29, 0.717) is 25.1 Å². The van der Waals surface area contributed by atoms with E-state index in [1.165, 1.54) is 5.56 Å². The van der Waals surface area contributed by atoms with Crippen molar-refractivity contribution in [3.63, 3.8) is 0 Å². The molecule has 5 heteroatoms. The molecule has 0 aliphatic rings. The predicted molar refractivity (Wildman–Crippen MR) is 91.7 cm³/mol. The number of hydrogen-bond acceptors (Lipinski definition) is 4. The van der Waals surface area contributed by atoms with Gasteiger partial charge >= 0.3 is 8.53 Å². The average molecular weight is 322 g/mol. The van der Waals surface area contributed by atoms with Crippen molar-refractivity contribution in [2.45, 2.75) is 59.5 Å². The zero-order valence-corrected chi connectivity index (χ0v) is 15.1. The zero-order chi connectivity index (χ0) is 16.5. The van der Waals surface area contributed by atoms with Gasteiger partial charge in [0.05, 0.1) is 19.1 Å². The van der Waals surface area contributed by atoms with E-state index in [2.05, 4.69) is 51.4 Å². The summed E-state index contributed by atoms with van der Waals surface area (Å²) < 4.78 is 14.4. The highest BCUT2D eigenvalue weighted by Crippen LogP contribution is 2.47. The molecule has 4 nitrogen and oxygen atoms in total. The summed E-state index contributed by atoms with van der Waals surface area (Å²) in [5.74, 6) is 0.874. The summed E-state index contributed by atoms with van der Waals surface area (Å²) in [6.45, 7) is 11.1. The van der Waals surface area contributed by atoms with Crippen molar-refractivity contribution in [3.8, 4) is 11.8 Å². The van der Waals surface area contributed by atoms with Crippen LogP contribution in [0.1, 0.15) is 46.6 Å². The first-order valence-corrected chi connectivity index (χ1v) is 8.98. The summed E-state index contributed by atoms with van der Waals surface area (Å²) >= 11 is 0. The maximum absolute atomic E-state index is 8.73. The Balaban J connectivity index is 2.96. The molecule has 0 bridgehead atoms. The van der Waals surface area contributed by atoms with Gasteiger partial charge in [-0.2, -0.15) is 5.26 Å². The molecule has 0 aliphatic carbocycles. The van der Waals surface area contributed by atoms with Crippen molar-refractivity contribution in [1.29, 1.82) is 5.26 Å². The molecular formula is C17H27N2O2P. The van der Waals surface area contributed by atoms with Gasteiger partial charge in [-0.25, -0.2) is 4.67 Å². The van der Waals surface area contributed by atoms with Gasteiger partial charge in [0.2, 0.25) is 0 Å². The van der Waals surface area contributed by atoms with Gasteiger partial charge in [-0.3, -0.25) is 0 Å². The Labute approximate surface area is 136 Å². The second-order valence-corrected chi connectivity index (χ2v) is 6.98. The van der Waals surface area contributed by atoms with Gasteiger partial charge in [0, 0.05) is 12.1 Å². The van der Waals surface area contributed by atoms with Crippen LogP contribution in [-0.4, -0.2) is 23.4 Å². The van der Waals surface area contributed by atoms with E-state index in [1.54, 1.807) is 0 Å². The quantitative estimate of drug-likeness (QED) is 0.479. The lowest BCUT2D eigenvalue weighted by atomic mass is 10.1. The minimum Gasteiger partial charge on any atom is -0.435 e. The number of rotatable bonds is 9. The number of nitrogens with zero attached hydrogens (tertiary/aromatic N) is 2. The highest BCUT2D eigenvalue weighted by atomic mass is 31.2. The molecule has 1 unspecified atom stereocenters. The monoisotopic (exact) mass is 322 g/mol. The van der Waals surface area contributed by atoms with E-state index in [9.17, 15) is 0 Å². The summed E-state index contributed by atoms with van der Waals surface area (Å²) in [5, 5.41) is 8.73. The first-order valence-electron chi connectivity index (χ1n) is 7.85. The number of aryl methyl sites for hydroxylation is 1. The molecule has 0 N–H and O–H groups in total. The van der Waals surface area contributed by atoms with Crippen LogP contribution in [0.2, 0.25) is 0 Å². The molecular weight excluding hydrogens is 295 g/mol. The Morgan fingerprint density at radius 1 is 1.18 bits per heavy atom. The fourth-order valence-electron chi connectivity index (χ4n) is 2.25. The van der Waals surface area contributed by atoms with Crippen LogP contribution in [-0.2, 0) is 10.9 Å². The van der Waals surface area contributed by atoms with Crippen molar-refractivity contribution in [2.75, 3.05) is 6.61 Å². The molecule has 22 heavy (non-hydrogen) atoms. The third-order valence-corrected chi connectivity index (χ3v) is 5.25. The van der Waals surface area contributed by atoms with Crippen LogP contribution in [0.15, 0.2) is 24.3 Å². The van der Waals surface area contributed by atoms with E-state index in [4.69, 9.17) is 14.3 Å². The first-order chi connectivity index (χ1) is 10.5. The van der Waals surface area contributed by atoms with Gasteiger partial charge in [-0.05, 0) is 45.7 Å². The Morgan fingerprint density at radius 2 is 1.82 bits per heavy atom. The second kappa shape index (κ2) is 9.79. The number of benzene rings is 1. The van der Waals surface area contributed by atoms with Crippen LogP contribution >= 0.6 is 8.53 Å².